The zero-order chi connectivity index (χ0) is 3.58. The molecule has 0 bridgehead atoms. The minimum atomic E-state index is -0.833. The number of hydrogen-bond acceptors (Lipinski definition) is 1. The molecule has 0 saturated heterocycles. The van der Waals surface area contributed by atoms with E-state index >= 15 is 0 Å². The molecular formula is C2H14MnNa2O6. The summed E-state index contributed by atoms with van der Waals surface area (Å²) in [6, 6.07) is 0. The summed E-state index contributed by atoms with van der Waals surface area (Å²) in [7, 11) is 0. The standard InChI is InChI=1S/C2H4O2.Mn.2Na.4H2O.2H/c1-2(3)4;;;;;;;;;/h1H3,(H,3,4);;;;4*1H2;;. The Hall–Kier alpha value is 1.83. The molecule has 9 N–H and O–H groups in total. The minimum absolute atomic E-state index is 0. The number of hydrogen-bond donors (Lipinski definition) is 1. The molecule has 0 atom stereocenters. The van der Waals surface area contributed by atoms with Crippen molar-refractivity contribution in [2.24, 2.45) is 0 Å². The zero-order valence-corrected chi connectivity index (χ0v) is 5.91. The van der Waals surface area contributed by atoms with Crippen LogP contribution in [0.1, 0.15) is 6.92 Å². The molecule has 67 valence electrons. The van der Waals surface area contributed by atoms with Crippen LogP contribution in [0, 0.1) is 0 Å². The third-order valence-corrected chi connectivity index (χ3v) is 0. The van der Waals surface area contributed by atoms with Gasteiger partial charge in [0.05, 0.1) is 0 Å². The van der Waals surface area contributed by atoms with Crippen LogP contribution < -0.4 is 0 Å². The van der Waals surface area contributed by atoms with Crippen molar-refractivity contribution in [2.75, 3.05) is 0 Å². The second-order valence-electron chi connectivity index (χ2n) is 0.519. The molecule has 0 aromatic carbocycles. The van der Waals surface area contributed by atoms with Crippen molar-refractivity contribution in [1.29, 1.82) is 0 Å². The predicted octanol–water partition coefficient (Wildman–Crippen LogP) is -4.51. The van der Waals surface area contributed by atoms with Crippen molar-refractivity contribution >= 4 is 65.1 Å². The Morgan fingerprint density at radius 3 is 1.00 bits per heavy atom. The maximum atomic E-state index is 9.00. The number of aliphatic carboxylic acids is 1. The van der Waals surface area contributed by atoms with E-state index in [9.17, 15) is 0 Å². The van der Waals surface area contributed by atoms with Gasteiger partial charge in [-0.1, -0.05) is 0 Å². The van der Waals surface area contributed by atoms with Gasteiger partial charge in [-0.05, 0) is 0 Å². The van der Waals surface area contributed by atoms with Gasteiger partial charge in [-0.15, -0.1) is 0 Å². The fourth-order valence-electron chi connectivity index (χ4n) is 0. The number of rotatable bonds is 0. The van der Waals surface area contributed by atoms with Crippen LogP contribution in [-0.4, -0.2) is 92.1 Å². The summed E-state index contributed by atoms with van der Waals surface area (Å²) in [5.41, 5.74) is 0. The van der Waals surface area contributed by atoms with Crippen LogP contribution in [0.5, 0.6) is 0 Å². The van der Waals surface area contributed by atoms with E-state index in [2.05, 4.69) is 0 Å². The molecule has 0 aliphatic rings. The molecule has 0 aromatic rings. The van der Waals surface area contributed by atoms with Crippen LogP contribution in [0.4, 0.5) is 0 Å². The molecule has 0 fully saturated rings. The van der Waals surface area contributed by atoms with E-state index in [1.54, 1.807) is 0 Å². The van der Waals surface area contributed by atoms with Gasteiger partial charge in [0.25, 0.3) is 5.97 Å². The Bertz CT molecular complexity index is 41.6. The van der Waals surface area contributed by atoms with E-state index < -0.39 is 5.97 Å². The Labute approximate surface area is 119 Å². The molecule has 0 rings (SSSR count). The second-order valence-corrected chi connectivity index (χ2v) is 0.519. The predicted molar refractivity (Wildman–Crippen MR) is 42.1 cm³/mol. The van der Waals surface area contributed by atoms with Crippen LogP contribution in [-0.2, 0) is 21.9 Å². The fourth-order valence-corrected chi connectivity index (χ4v) is 0. The summed E-state index contributed by atoms with van der Waals surface area (Å²) in [6.45, 7) is 1.08. The van der Waals surface area contributed by atoms with Crippen LogP contribution in [0.25, 0.3) is 0 Å². The average molecular weight is 235 g/mol. The first-order chi connectivity index (χ1) is 1.73. The third-order valence-electron chi connectivity index (χ3n) is 0. The summed E-state index contributed by atoms with van der Waals surface area (Å²) in [5, 5.41) is 7.42. The van der Waals surface area contributed by atoms with Crippen LogP contribution in [0.2, 0.25) is 0 Å². The van der Waals surface area contributed by atoms with Crippen LogP contribution in [0.3, 0.4) is 0 Å². The second kappa shape index (κ2) is 59.5. The van der Waals surface area contributed by atoms with Gasteiger partial charge in [0.15, 0.2) is 0 Å². The van der Waals surface area contributed by atoms with Gasteiger partial charge in [-0.2, -0.15) is 0 Å². The quantitative estimate of drug-likeness (QED) is 0.418. The third kappa shape index (κ3) is 341. The van der Waals surface area contributed by atoms with Gasteiger partial charge in [0, 0.05) is 24.0 Å². The number of carboxylic acid groups (broad SMARTS) is 1. The molecule has 0 unspecified atom stereocenters. The molecule has 0 heterocycles. The van der Waals surface area contributed by atoms with E-state index in [0.29, 0.717) is 0 Å². The van der Waals surface area contributed by atoms with E-state index in [1.165, 1.54) is 0 Å². The average Bonchev–Trinajstić information content (AvgIpc) is 0.811. The van der Waals surface area contributed by atoms with Gasteiger partial charge < -0.3 is 27.0 Å². The molecule has 9 heteroatoms. The molecule has 0 aliphatic heterocycles. The fraction of sp³-hybridized carbons (Fsp3) is 0.500. The summed E-state index contributed by atoms with van der Waals surface area (Å²) in [5.74, 6) is -0.833. The topological polar surface area (TPSA) is 163 Å². The van der Waals surface area contributed by atoms with Crippen molar-refractivity contribution in [2.45, 2.75) is 6.92 Å². The molecule has 0 aromatic heterocycles. The molecule has 11 heavy (non-hydrogen) atoms. The van der Waals surface area contributed by atoms with Crippen molar-refractivity contribution in [3.05, 3.63) is 0 Å². The van der Waals surface area contributed by atoms with Crippen molar-refractivity contribution in [1.82, 2.24) is 0 Å². The van der Waals surface area contributed by atoms with Crippen LogP contribution in [0.15, 0.2) is 0 Å². The first-order valence-corrected chi connectivity index (χ1v) is 0.928. The van der Waals surface area contributed by atoms with E-state index in [1.807, 2.05) is 0 Å². The SMILES string of the molecule is CC(=O)O.O.O.O.O.[Mn].[NaH].[NaH]. The van der Waals surface area contributed by atoms with Gasteiger partial charge >= 0.3 is 59.1 Å². The summed E-state index contributed by atoms with van der Waals surface area (Å²) < 4.78 is 0. The molecule has 0 saturated carbocycles. The van der Waals surface area contributed by atoms with Gasteiger partial charge in [-0.25, -0.2) is 0 Å². The summed E-state index contributed by atoms with van der Waals surface area (Å²) >= 11 is 0. The molecule has 0 spiro atoms. The first-order valence-electron chi connectivity index (χ1n) is 0.928. The zero-order valence-electron chi connectivity index (χ0n) is 4.73. The molecule has 0 amide bonds. The summed E-state index contributed by atoms with van der Waals surface area (Å²) in [4.78, 5) is 9.00. The summed E-state index contributed by atoms with van der Waals surface area (Å²) in [6.07, 6.45) is 0. The van der Waals surface area contributed by atoms with Gasteiger partial charge in [-0.3, -0.25) is 4.79 Å². The number of carboxylic acids is 1. The monoisotopic (exact) mass is 235 g/mol. The van der Waals surface area contributed by atoms with E-state index in [-0.39, 0.29) is 98.1 Å². The van der Waals surface area contributed by atoms with E-state index in [0.717, 1.165) is 6.92 Å². The molecule has 0 aliphatic carbocycles. The Morgan fingerprint density at radius 2 is 1.00 bits per heavy atom. The molecular weight excluding hydrogens is 221 g/mol. The van der Waals surface area contributed by atoms with Crippen LogP contribution >= 0.6 is 0 Å². The maximum absolute atomic E-state index is 9.00. The van der Waals surface area contributed by atoms with Crippen molar-refractivity contribution < 1.29 is 48.9 Å². The number of carbonyl (C=O) groups is 1. The normalized spacial score (nSPS) is 2.27. The Balaban J connectivity index is -0.00000000214. The molecule has 6 nitrogen and oxygen atoms in total. The molecule has 1 radical (unpaired) electrons. The van der Waals surface area contributed by atoms with Gasteiger partial charge in [0.2, 0.25) is 0 Å². The van der Waals surface area contributed by atoms with E-state index in [4.69, 9.17) is 9.90 Å². The van der Waals surface area contributed by atoms with Gasteiger partial charge in [0.1, 0.15) is 0 Å². The van der Waals surface area contributed by atoms with Crippen molar-refractivity contribution in [3.63, 3.8) is 0 Å². The van der Waals surface area contributed by atoms with Crippen molar-refractivity contribution in [3.8, 4) is 0 Å². The Kier molecular flexibility index (Phi) is 416. The Morgan fingerprint density at radius 1 is 1.00 bits per heavy atom. The first kappa shape index (κ1) is 77.0.